The van der Waals surface area contributed by atoms with Gasteiger partial charge < -0.3 is 4.84 Å². The van der Waals surface area contributed by atoms with Crippen LogP contribution in [0.15, 0.2) is 77.3 Å². The highest BCUT2D eigenvalue weighted by molar-refractivity contribution is 9.10. The SMILES string of the molecule is NC(On1c(-c2ccccc2)nc2ccc([N+](=O)[O-])cc21)c1ccc(Br)cc1. The van der Waals surface area contributed by atoms with Crippen molar-refractivity contribution in [1.82, 2.24) is 9.71 Å². The number of hydrogen-bond donors (Lipinski definition) is 1. The largest absolute Gasteiger partial charge is 0.388 e. The second-order valence-electron chi connectivity index (χ2n) is 6.10. The Balaban J connectivity index is 1.84. The highest BCUT2D eigenvalue weighted by Crippen LogP contribution is 2.28. The van der Waals surface area contributed by atoms with Crippen molar-refractivity contribution in [2.45, 2.75) is 6.23 Å². The maximum absolute atomic E-state index is 11.2. The van der Waals surface area contributed by atoms with Crippen molar-refractivity contribution < 1.29 is 9.76 Å². The normalized spacial score (nSPS) is 12.1. The number of nitro benzene ring substituents is 1. The summed E-state index contributed by atoms with van der Waals surface area (Å²) in [6.07, 6.45) is -0.785. The first-order chi connectivity index (χ1) is 13.5. The molecular formula is C20H15BrN4O3. The zero-order valence-corrected chi connectivity index (χ0v) is 16.1. The molecule has 0 saturated heterocycles. The van der Waals surface area contributed by atoms with Crippen LogP contribution in [0.4, 0.5) is 5.69 Å². The fraction of sp³-hybridized carbons (Fsp3) is 0.0500. The molecule has 7 nitrogen and oxygen atoms in total. The van der Waals surface area contributed by atoms with Crippen LogP contribution >= 0.6 is 15.9 Å². The van der Waals surface area contributed by atoms with Crippen LogP contribution in [0.3, 0.4) is 0 Å². The van der Waals surface area contributed by atoms with E-state index in [4.69, 9.17) is 10.6 Å². The Morgan fingerprint density at radius 2 is 1.79 bits per heavy atom. The van der Waals surface area contributed by atoms with E-state index in [1.54, 1.807) is 6.07 Å². The van der Waals surface area contributed by atoms with E-state index < -0.39 is 11.2 Å². The van der Waals surface area contributed by atoms with Crippen molar-refractivity contribution in [1.29, 1.82) is 0 Å². The lowest BCUT2D eigenvalue weighted by Gasteiger charge is -2.17. The Labute approximate surface area is 168 Å². The van der Waals surface area contributed by atoms with Crippen LogP contribution in [-0.2, 0) is 0 Å². The van der Waals surface area contributed by atoms with Crippen molar-refractivity contribution in [3.63, 3.8) is 0 Å². The van der Waals surface area contributed by atoms with Gasteiger partial charge in [0.05, 0.1) is 10.4 Å². The summed E-state index contributed by atoms with van der Waals surface area (Å²) in [5.41, 5.74) is 8.82. The first kappa shape index (κ1) is 18.1. The lowest BCUT2D eigenvalue weighted by atomic mass is 10.2. The fourth-order valence-electron chi connectivity index (χ4n) is 2.86. The zero-order chi connectivity index (χ0) is 19.7. The summed E-state index contributed by atoms with van der Waals surface area (Å²) in [7, 11) is 0. The van der Waals surface area contributed by atoms with Crippen LogP contribution in [0.1, 0.15) is 11.8 Å². The summed E-state index contributed by atoms with van der Waals surface area (Å²) in [4.78, 5) is 21.4. The Hall–Kier alpha value is -3.23. The summed E-state index contributed by atoms with van der Waals surface area (Å²) >= 11 is 3.39. The number of halogens is 1. The average molecular weight is 439 g/mol. The molecule has 4 aromatic rings. The van der Waals surface area contributed by atoms with E-state index >= 15 is 0 Å². The standard InChI is InChI=1S/C20H15BrN4O3/c21-15-8-6-13(7-9-15)19(22)28-24-18-12-16(25(26)27)10-11-17(18)23-20(24)14-4-2-1-3-5-14/h1-12,19H,22H2. The number of non-ortho nitro benzene ring substituents is 1. The topological polar surface area (TPSA) is 96.2 Å². The van der Waals surface area contributed by atoms with Gasteiger partial charge in [-0.1, -0.05) is 58.4 Å². The number of imidazole rings is 1. The van der Waals surface area contributed by atoms with E-state index in [2.05, 4.69) is 20.9 Å². The highest BCUT2D eigenvalue weighted by atomic mass is 79.9. The summed E-state index contributed by atoms with van der Waals surface area (Å²) in [6.45, 7) is 0. The molecular weight excluding hydrogens is 424 g/mol. The van der Waals surface area contributed by atoms with E-state index in [9.17, 15) is 10.1 Å². The van der Waals surface area contributed by atoms with E-state index in [1.165, 1.54) is 16.9 Å². The van der Waals surface area contributed by atoms with Gasteiger partial charge in [0, 0.05) is 27.7 Å². The predicted octanol–water partition coefficient (Wildman–Crippen LogP) is 4.46. The molecule has 8 heteroatoms. The Bertz CT molecular complexity index is 1140. The molecule has 0 aliphatic heterocycles. The third kappa shape index (κ3) is 3.47. The molecule has 1 aromatic heterocycles. The fourth-order valence-corrected chi connectivity index (χ4v) is 3.12. The molecule has 1 heterocycles. The molecule has 1 atom stereocenters. The van der Waals surface area contributed by atoms with Gasteiger partial charge in [0.2, 0.25) is 0 Å². The zero-order valence-electron chi connectivity index (χ0n) is 14.5. The van der Waals surface area contributed by atoms with E-state index in [-0.39, 0.29) is 5.69 Å². The van der Waals surface area contributed by atoms with Gasteiger partial charge in [-0.25, -0.2) is 4.98 Å². The molecule has 0 aliphatic carbocycles. The second kappa shape index (κ2) is 7.41. The van der Waals surface area contributed by atoms with Crippen molar-refractivity contribution in [3.8, 4) is 11.4 Å². The van der Waals surface area contributed by atoms with Crippen LogP contribution in [0.2, 0.25) is 0 Å². The maximum Gasteiger partial charge on any atom is 0.271 e. The Kier molecular flexibility index (Phi) is 4.81. The number of benzene rings is 3. The molecule has 0 bridgehead atoms. The lowest BCUT2D eigenvalue weighted by Crippen LogP contribution is -2.25. The first-order valence-corrected chi connectivity index (χ1v) is 9.23. The molecule has 4 rings (SSSR count). The van der Waals surface area contributed by atoms with Gasteiger partial charge in [0.15, 0.2) is 12.1 Å². The summed E-state index contributed by atoms with van der Waals surface area (Å²) in [5, 5.41) is 11.2. The molecule has 0 fully saturated rings. The number of aromatic nitrogens is 2. The third-order valence-corrected chi connectivity index (χ3v) is 4.79. The van der Waals surface area contributed by atoms with E-state index in [0.717, 1.165) is 15.6 Å². The van der Waals surface area contributed by atoms with Gasteiger partial charge in [0.1, 0.15) is 5.52 Å². The Morgan fingerprint density at radius 1 is 1.07 bits per heavy atom. The molecule has 0 saturated carbocycles. The number of rotatable bonds is 5. The van der Waals surface area contributed by atoms with E-state index in [1.807, 2.05) is 54.6 Å². The van der Waals surface area contributed by atoms with Gasteiger partial charge in [0.25, 0.3) is 5.69 Å². The molecule has 0 amide bonds. The number of hydrogen-bond acceptors (Lipinski definition) is 5. The minimum Gasteiger partial charge on any atom is -0.388 e. The van der Waals surface area contributed by atoms with Crippen LogP contribution in [0.5, 0.6) is 0 Å². The van der Waals surface area contributed by atoms with Gasteiger partial charge >= 0.3 is 0 Å². The molecule has 2 N–H and O–H groups in total. The minimum absolute atomic E-state index is 0.0472. The highest BCUT2D eigenvalue weighted by Gasteiger charge is 2.19. The monoisotopic (exact) mass is 438 g/mol. The van der Waals surface area contributed by atoms with Crippen LogP contribution in [-0.4, -0.2) is 14.6 Å². The molecule has 0 radical (unpaired) electrons. The molecule has 0 spiro atoms. The summed E-state index contributed by atoms with van der Waals surface area (Å²) < 4.78 is 2.39. The van der Waals surface area contributed by atoms with Crippen LogP contribution < -0.4 is 10.6 Å². The predicted molar refractivity (Wildman–Crippen MR) is 109 cm³/mol. The van der Waals surface area contributed by atoms with Gasteiger partial charge in [-0.05, 0) is 18.2 Å². The molecule has 0 aliphatic rings. The average Bonchev–Trinajstić information content (AvgIpc) is 3.06. The van der Waals surface area contributed by atoms with E-state index in [0.29, 0.717) is 16.9 Å². The second-order valence-corrected chi connectivity index (χ2v) is 7.02. The van der Waals surface area contributed by atoms with Crippen molar-refractivity contribution in [2.24, 2.45) is 5.73 Å². The van der Waals surface area contributed by atoms with Crippen LogP contribution in [0.25, 0.3) is 22.4 Å². The quantitative estimate of drug-likeness (QED) is 0.281. The van der Waals surface area contributed by atoms with Gasteiger partial charge in [-0.15, -0.1) is 0 Å². The van der Waals surface area contributed by atoms with Crippen molar-refractivity contribution in [2.75, 3.05) is 0 Å². The summed E-state index contributed by atoms with van der Waals surface area (Å²) in [6, 6.07) is 21.3. The molecule has 3 aromatic carbocycles. The summed E-state index contributed by atoms with van der Waals surface area (Å²) in [5.74, 6) is 0.517. The van der Waals surface area contributed by atoms with Gasteiger partial charge in [-0.2, -0.15) is 4.73 Å². The first-order valence-electron chi connectivity index (χ1n) is 8.43. The van der Waals surface area contributed by atoms with Crippen LogP contribution in [0, 0.1) is 10.1 Å². The lowest BCUT2D eigenvalue weighted by molar-refractivity contribution is -0.384. The Morgan fingerprint density at radius 3 is 2.46 bits per heavy atom. The van der Waals surface area contributed by atoms with Crippen molar-refractivity contribution >= 4 is 32.7 Å². The number of nitrogens with two attached hydrogens (primary N) is 1. The van der Waals surface area contributed by atoms with Crippen molar-refractivity contribution in [3.05, 3.63) is 92.9 Å². The smallest absolute Gasteiger partial charge is 0.271 e. The third-order valence-electron chi connectivity index (χ3n) is 4.26. The number of fused-ring (bicyclic) bond motifs is 1. The number of nitrogens with zero attached hydrogens (tertiary/aromatic N) is 3. The molecule has 28 heavy (non-hydrogen) atoms. The minimum atomic E-state index is -0.785. The molecule has 140 valence electrons. The number of nitro groups is 1. The van der Waals surface area contributed by atoms with Gasteiger partial charge in [-0.3, -0.25) is 15.8 Å². The maximum atomic E-state index is 11.2. The molecule has 1 unspecified atom stereocenters.